The third-order valence-corrected chi connectivity index (χ3v) is 6.19. The van der Waals surface area contributed by atoms with Crippen LogP contribution in [-0.2, 0) is 6.54 Å². The van der Waals surface area contributed by atoms with Crippen LogP contribution in [0.5, 0.6) is 0 Å². The van der Waals surface area contributed by atoms with Gasteiger partial charge < -0.3 is 5.32 Å². The third kappa shape index (κ3) is 2.15. The number of nitrogens with zero attached hydrogens (tertiary/aromatic N) is 1. The molecule has 3 saturated carbocycles. The molecule has 3 fully saturated rings. The standard InChI is InChI=1S/C16H21BrN2/c17-12-4-10(7-18-9-12)8-19-16-6-11-5-15(16)14-3-1-2-13(11)14/h4,7,9,11,13-16,19H,1-3,5-6,8H2. The predicted molar refractivity (Wildman–Crippen MR) is 79.6 cm³/mol. The van der Waals surface area contributed by atoms with Crippen LogP contribution in [0.2, 0.25) is 0 Å². The van der Waals surface area contributed by atoms with Crippen molar-refractivity contribution in [2.75, 3.05) is 0 Å². The van der Waals surface area contributed by atoms with Gasteiger partial charge in [0, 0.05) is 29.5 Å². The van der Waals surface area contributed by atoms with E-state index in [1.165, 1.54) is 37.7 Å². The van der Waals surface area contributed by atoms with Crippen LogP contribution in [-0.4, -0.2) is 11.0 Å². The minimum atomic E-state index is 0.767. The zero-order valence-electron chi connectivity index (χ0n) is 11.2. The fourth-order valence-electron chi connectivity index (χ4n) is 5.10. The largest absolute Gasteiger partial charge is 0.310 e. The molecule has 5 atom stereocenters. The Balaban J connectivity index is 1.40. The molecule has 0 amide bonds. The van der Waals surface area contributed by atoms with Gasteiger partial charge in [-0.1, -0.05) is 6.42 Å². The van der Waals surface area contributed by atoms with Gasteiger partial charge in [-0.15, -0.1) is 0 Å². The summed E-state index contributed by atoms with van der Waals surface area (Å²) < 4.78 is 1.08. The van der Waals surface area contributed by atoms with Crippen molar-refractivity contribution < 1.29 is 0 Å². The van der Waals surface area contributed by atoms with Crippen molar-refractivity contribution in [3.8, 4) is 0 Å². The highest BCUT2D eigenvalue weighted by atomic mass is 79.9. The fourth-order valence-corrected chi connectivity index (χ4v) is 5.52. The number of aromatic nitrogens is 1. The number of rotatable bonds is 3. The summed E-state index contributed by atoms with van der Waals surface area (Å²) in [7, 11) is 0. The van der Waals surface area contributed by atoms with Gasteiger partial charge >= 0.3 is 0 Å². The molecular formula is C16H21BrN2. The van der Waals surface area contributed by atoms with E-state index in [9.17, 15) is 0 Å². The zero-order chi connectivity index (χ0) is 12.8. The molecule has 3 aliphatic carbocycles. The van der Waals surface area contributed by atoms with E-state index in [0.717, 1.165) is 40.7 Å². The van der Waals surface area contributed by atoms with Crippen molar-refractivity contribution in [3.05, 3.63) is 28.5 Å². The summed E-state index contributed by atoms with van der Waals surface area (Å²) in [5.41, 5.74) is 1.29. The Kier molecular flexibility index (Phi) is 3.15. The number of fused-ring (bicyclic) bond motifs is 5. The van der Waals surface area contributed by atoms with Crippen molar-refractivity contribution in [3.63, 3.8) is 0 Å². The van der Waals surface area contributed by atoms with Crippen LogP contribution in [0, 0.1) is 23.7 Å². The van der Waals surface area contributed by atoms with Crippen molar-refractivity contribution in [1.29, 1.82) is 0 Å². The Morgan fingerprint density at radius 1 is 1.16 bits per heavy atom. The van der Waals surface area contributed by atoms with Gasteiger partial charge in [0.05, 0.1) is 0 Å². The highest BCUT2D eigenvalue weighted by Crippen LogP contribution is 2.58. The van der Waals surface area contributed by atoms with E-state index in [1.807, 2.05) is 12.4 Å². The lowest BCUT2D eigenvalue weighted by Crippen LogP contribution is -2.38. The molecule has 0 saturated heterocycles. The van der Waals surface area contributed by atoms with Crippen molar-refractivity contribution in [2.45, 2.75) is 44.7 Å². The number of hydrogen-bond donors (Lipinski definition) is 1. The molecule has 2 bridgehead atoms. The van der Waals surface area contributed by atoms with Gasteiger partial charge in [0.1, 0.15) is 0 Å². The second-order valence-corrected chi connectivity index (χ2v) is 7.57. The van der Waals surface area contributed by atoms with Gasteiger partial charge in [-0.2, -0.15) is 0 Å². The Labute approximate surface area is 123 Å². The van der Waals surface area contributed by atoms with Crippen LogP contribution < -0.4 is 5.32 Å². The molecule has 0 spiro atoms. The van der Waals surface area contributed by atoms with Crippen LogP contribution in [0.3, 0.4) is 0 Å². The van der Waals surface area contributed by atoms with Gasteiger partial charge in [0.25, 0.3) is 0 Å². The predicted octanol–water partition coefficient (Wildman–Crippen LogP) is 3.76. The van der Waals surface area contributed by atoms with E-state index >= 15 is 0 Å². The summed E-state index contributed by atoms with van der Waals surface area (Å²) in [4.78, 5) is 4.24. The molecule has 102 valence electrons. The average molecular weight is 321 g/mol. The molecule has 0 aliphatic heterocycles. The van der Waals surface area contributed by atoms with E-state index in [1.54, 1.807) is 0 Å². The first-order valence-corrected chi connectivity index (χ1v) is 8.43. The van der Waals surface area contributed by atoms with Crippen molar-refractivity contribution in [1.82, 2.24) is 10.3 Å². The number of halogens is 1. The molecule has 0 aromatic carbocycles. The first-order valence-electron chi connectivity index (χ1n) is 7.64. The summed E-state index contributed by atoms with van der Waals surface area (Å²) in [6.45, 7) is 0.970. The minimum absolute atomic E-state index is 0.767. The Morgan fingerprint density at radius 3 is 2.95 bits per heavy atom. The summed E-state index contributed by atoms with van der Waals surface area (Å²) >= 11 is 3.49. The maximum atomic E-state index is 4.24. The SMILES string of the molecule is Brc1cncc(CNC2CC3CC2C2CCCC32)c1. The molecule has 4 rings (SSSR count). The lowest BCUT2D eigenvalue weighted by Gasteiger charge is -2.32. The van der Waals surface area contributed by atoms with Crippen LogP contribution in [0.25, 0.3) is 0 Å². The highest BCUT2D eigenvalue weighted by Gasteiger charge is 2.53. The molecule has 3 aliphatic rings. The van der Waals surface area contributed by atoms with E-state index in [2.05, 4.69) is 32.3 Å². The summed E-state index contributed by atoms with van der Waals surface area (Å²) in [6.07, 6.45) is 11.3. The lowest BCUT2D eigenvalue weighted by molar-refractivity contribution is 0.208. The number of pyridine rings is 1. The molecule has 1 aromatic rings. The van der Waals surface area contributed by atoms with Crippen molar-refractivity contribution >= 4 is 15.9 Å². The first kappa shape index (κ1) is 12.3. The lowest BCUT2D eigenvalue weighted by atomic mass is 9.79. The number of hydrogen-bond acceptors (Lipinski definition) is 2. The smallest absolute Gasteiger partial charge is 0.0410 e. The van der Waals surface area contributed by atoms with Gasteiger partial charge in [-0.05, 0) is 76.9 Å². The number of nitrogens with one attached hydrogen (secondary N) is 1. The summed E-state index contributed by atoms with van der Waals surface area (Å²) in [6, 6.07) is 2.94. The van der Waals surface area contributed by atoms with Gasteiger partial charge in [0.15, 0.2) is 0 Å². The van der Waals surface area contributed by atoms with Crippen molar-refractivity contribution in [2.24, 2.45) is 23.7 Å². The molecular weight excluding hydrogens is 300 g/mol. The van der Waals surface area contributed by atoms with Crippen LogP contribution in [0.1, 0.15) is 37.7 Å². The highest BCUT2D eigenvalue weighted by molar-refractivity contribution is 9.10. The van der Waals surface area contributed by atoms with Gasteiger partial charge in [-0.25, -0.2) is 0 Å². The second kappa shape index (κ2) is 4.85. The Hall–Kier alpha value is -0.410. The second-order valence-electron chi connectivity index (χ2n) is 6.65. The molecule has 3 heteroatoms. The molecule has 19 heavy (non-hydrogen) atoms. The van der Waals surface area contributed by atoms with E-state index < -0.39 is 0 Å². The molecule has 1 N–H and O–H groups in total. The quantitative estimate of drug-likeness (QED) is 0.917. The van der Waals surface area contributed by atoms with Gasteiger partial charge in [-0.3, -0.25) is 4.98 Å². The molecule has 0 radical (unpaired) electrons. The Morgan fingerprint density at radius 2 is 2.05 bits per heavy atom. The molecule has 2 nitrogen and oxygen atoms in total. The van der Waals surface area contributed by atoms with Crippen LogP contribution >= 0.6 is 15.9 Å². The maximum absolute atomic E-state index is 4.24. The molecule has 1 heterocycles. The average Bonchev–Trinajstić information content (AvgIpc) is 3.08. The molecule has 1 aromatic heterocycles. The fraction of sp³-hybridized carbons (Fsp3) is 0.688. The normalized spacial score (nSPS) is 39.7. The Bertz CT molecular complexity index is 476. The minimum Gasteiger partial charge on any atom is -0.310 e. The van der Waals surface area contributed by atoms with Gasteiger partial charge in [0.2, 0.25) is 0 Å². The van der Waals surface area contributed by atoms with E-state index in [-0.39, 0.29) is 0 Å². The topological polar surface area (TPSA) is 24.9 Å². The van der Waals surface area contributed by atoms with E-state index in [0.29, 0.717) is 0 Å². The zero-order valence-corrected chi connectivity index (χ0v) is 12.8. The first-order chi connectivity index (χ1) is 9.31. The van der Waals surface area contributed by atoms with Crippen LogP contribution in [0.4, 0.5) is 0 Å². The van der Waals surface area contributed by atoms with E-state index in [4.69, 9.17) is 0 Å². The maximum Gasteiger partial charge on any atom is 0.0410 e. The molecule has 5 unspecified atom stereocenters. The third-order valence-electron chi connectivity index (χ3n) is 5.76. The van der Waals surface area contributed by atoms with Crippen LogP contribution in [0.15, 0.2) is 22.9 Å². The summed E-state index contributed by atoms with van der Waals surface area (Å²) in [5, 5.41) is 3.81. The monoisotopic (exact) mass is 320 g/mol. The summed E-state index contributed by atoms with van der Waals surface area (Å²) in [5.74, 6) is 4.15.